The van der Waals surface area contributed by atoms with Crippen molar-refractivity contribution in [3.63, 3.8) is 0 Å². The predicted molar refractivity (Wildman–Crippen MR) is 93.8 cm³/mol. The minimum absolute atomic E-state index is 0.0671. The van der Waals surface area contributed by atoms with Gasteiger partial charge in [-0.05, 0) is 44.0 Å². The first-order valence-corrected chi connectivity index (χ1v) is 8.73. The van der Waals surface area contributed by atoms with E-state index in [1.54, 1.807) is 41.0 Å². The minimum Gasteiger partial charge on any atom is -0.466 e. The molecule has 2 aromatic rings. The molecule has 1 fully saturated rings. The zero-order chi connectivity index (χ0) is 17.8. The lowest BCUT2D eigenvalue weighted by Gasteiger charge is -2.30. The summed E-state index contributed by atoms with van der Waals surface area (Å²) in [7, 11) is 0. The number of likely N-dealkylation sites (tertiary alicyclic amines) is 1. The van der Waals surface area contributed by atoms with Crippen molar-refractivity contribution in [2.24, 2.45) is 5.92 Å². The molecule has 0 unspecified atom stereocenters. The van der Waals surface area contributed by atoms with Gasteiger partial charge in [0.05, 0.1) is 30.0 Å². The average molecular weight is 362 g/mol. The summed E-state index contributed by atoms with van der Waals surface area (Å²) in [6, 6.07) is 7.24. The zero-order valence-electron chi connectivity index (χ0n) is 14.0. The molecule has 0 N–H and O–H groups in total. The van der Waals surface area contributed by atoms with E-state index in [9.17, 15) is 9.59 Å². The van der Waals surface area contributed by atoms with Crippen LogP contribution in [0.25, 0.3) is 5.69 Å². The number of rotatable bonds is 4. The fraction of sp³-hybridized carbons (Fsp3) is 0.389. The normalized spacial score (nSPS) is 15.2. The predicted octanol–water partition coefficient (Wildman–Crippen LogP) is 2.94. The molecule has 0 spiro atoms. The molecule has 1 aliphatic heterocycles. The molecule has 0 saturated carbocycles. The molecule has 6 nitrogen and oxygen atoms in total. The summed E-state index contributed by atoms with van der Waals surface area (Å²) < 4.78 is 6.71. The van der Waals surface area contributed by atoms with Gasteiger partial charge in [0.1, 0.15) is 0 Å². The van der Waals surface area contributed by atoms with Crippen molar-refractivity contribution in [3.05, 3.63) is 47.2 Å². The van der Waals surface area contributed by atoms with Gasteiger partial charge in [-0.25, -0.2) is 4.68 Å². The summed E-state index contributed by atoms with van der Waals surface area (Å²) in [4.78, 5) is 26.2. The number of piperidine rings is 1. The van der Waals surface area contributed by atoms with Crippen LogP contribution >= 0.6 is 11.6 Å². The third-order valence-corrected chi connectivity index (χ3v) is 4.57. The molecule has 1 aromatic carbocycles. The maximum absolute atomic E-state index is 12.6. The van der Waals surface area contributed by atoms with E-state index in [-0.39, 0.29) is 17.8 Å². The van der Waals surface area contributed by atoms with Gasteiger partial charge in [0, 0.05) is 24.3 Å². The number of esters is 1. The Morgan fingerprint density at radius 2 is 1.92 bits per heavy atom. The van der Waals surface area contributed by atoms with Crippen LogP contribution in [0.1, 0.15) is 30.1 Å². The van der Waals surface area contributed by atoms with Crippen molar-refractivity contribution in [2.75, 3.05) is 19.7 Å². The van der Waals surface area contributed by atoms with Crippen molar-refractivity contribution in [2.45, 2.75) is 19.8 Å². The Balaban J connectivity index is 1.63. The van der Waals surface area contributed by atoms with Crippen LogP contribution < -0.4 is 0 Å². The summed E-state index contributed by atoms with van der Waals surface area (Å²) in [6.07, 6.45) is 4.54. The van der Waals surface area contributed by atoms with Crippen LogP contribution in [-0.2, 0) is 9.53 Å². The number of halogens is 1. The third kappa shape index (κ3) is 4.02. The van der Waals surface area contributed by atoms with Gasteiger partial charge in [0.25, 0.3) is 5.91 Å². The Labute approximate surface area is 151 Å². The second-order valence-electron chi connectivity index (χ2n) is 5.97. The molecular formula is C18H20ClN3O3. The fourth-order valence-corrected chi connectivity index (χ4v) is 3.06. The number of amides is 1. The van der Waals surface area contributed by atoms with Gasteiger partial charge in [-0.1, -0.05) is 11.6 Å². The highest BCUT2D eigenvalue weighted by Crippen LogP contribution is 2.21. The van der Waals surface area contributed by atoms with Crippen molar-refractivity contribution in [1.29, 1.82) is 0 Å². The number of nitrogens with zero attached hydrogens (tertiary/aromatic N) is 3. The smallest absolute Gasteiger partial charge is 0.309 e. The van der Waals surface area contributed by atoms with Crippen molar-refractivity contribution in [1.82, 2.24) is 14.7 Å². The quantitative estimate of drug-likeness (QED) is 0.785. The van der Waals surface area contributed by atoms with Crippen LogP contribution in [0.15, 0.2) is 36.7 Å². The first-order chi connectivity index (χ1) is 12.1. The summed E-state index contributed by atoms with van der Waals surface area (Å²) in [5, 5.41) is 4.90. The van der Waals surface area contributed by atoms with E-state index in [1.165, 1.54) is 0 Å². The van der Waals surface area contributed by atoms with E-state index >= 15 is 0 Å². The molecule has 1 aromatic heterocycles. The Morgan fingerprint density at radius 3 is 2.56 bits per heavy atom. The number of hydrogen-bond donors (Lipinski definition) is 0. The zero-order valence-corrected chi connectivity index (χ0v) is 14.8. The number of carbonyl (C=O) groups is 2. The van der Waals surface area contributed by atoms with Crippen LogP contribution in [0, 0.1) is 5.92 Å². The van der Waals surface area contributed by atoms with Crippen LogP contribution in [0.5, 0.6) is 0 Å². The fourth-order valence-electron chi connectivity index (χ4n) is 2.93. The van der Waals surface area contributed by atoms with Crippen LogP contribution in [-0.4, -0.2) is 46.3 Å². The first-order valence-electron chi connectivity index (χ1n) is 8.35. The van der Waals surface area contributed by atoms with E-state index in [2.05, 4.69) is 5.10 Å². The molecule has 1 aliphatic rings. The van der Waals surface area contributed by atoms with E-state index in [4.69, 9.17) is 16.3 Å². The number of hydrogen-bond acceptors (Lipinski definition) is 4. The molecule has 0 atom stereocenters. The Bertz CT molecular complexity index is 749. The van der Waals surface area contributed by atoms with E-state index in [0.717, 1.165) is 5.69 Å². The van der Waals surface area contributed by atoms with E-state index in [1.807, 2.05) is 12.1 Å². The first kappa shape index (κ1) is 17.5. The van der Waals surface area contributed by atoms with Gasteiger partial charge in [-0.3, -0.25) is 9.59 Å². The summed E-state index contributed by atoms with van der Waals surface area (Å²) >= 11 is 5.89. The maximum Gasteiger partial charge on any atom is 0.309 e. The molecule has 1 amide bonds. The Morgan fingerprint density at radius 1 is 1.24 bits per heavy atom. The molecule has 0 aliphatic carbocycles. The number of carbonyl (C=O) groups excluding carboxylic acids is 2. The molecular weight excluding hydrogens is 342 g/mol. The molecule has 0 bridgehead atoms. The van der Waals surface area contributed by atoms with Crippen molar-refractivity contribution in [3.8, 4) is 5.69 Å². The number of benzene rings is 1. The van der Waals surface area contributed by atoms with Gasteiger partial charge >= 0.3 is 5.97 Å². The van der Waals surface area contributed by atoms with Crippen molar-refractivity contribution < 1.29 is 14.3 Å². The average Bonchev–Trinajstić information content (AvgIpc) is 3.12. The lowest BCUT2D eigenvalue weighted by Crippen LogP contribution is -2.40. The van der Waals surface area contributed by atoms with Crippen LogP contribution in [0.4, 0.5) is 0 Å². The highest BCUT2D eigenvalue weighted by Gasteiger charge is 2.29. The lowest BCUT2D eigenvalue weighted by atomic mass is 9.96. The molecule has 3 rings (SSSR count). The minimum atomic E-state index is -0.162. The van der Waals surface area contributed by atoms with Gasteiger partial charge in [-0.15, -0.1) is 0 Å². The molecule has 2 heterocycles. The monoisotopic (exact) mass is 361 g/mol. The standard InChI is InChI=1S/C18H20ClN3O3/c1-2-25-18(24)13-7-9-21(10-8-13)17(23)14-11-20-22(12-14)16-5-3-15(19)4-6-16/h3-6,11-13H,2,7-10H2,1H3. The largest absolute Gasteiger partial charge is 0.466 e. The van der Waals surface area contributed by atoms with Gasteiger partial charge < -0.3 is 9.64 Å². The van der Waals surface area contributed by atoms with Crippen LogP contribution in [0.2, 0.25) is 5.02 Å². The molecule has 0 radical (unpaired) electrons. The maximum atomic E-state index is 12.6. The Hall–Kier alpha value is -2.34. The highest BCUT2D eigenvalue weighted by atomic mass is 35.5. The highest BCUT2D eigenvalue weighted by molar-refractivity contribution is 6.30. The number of aromatic nitrogens is 2. The molecule has 25 heavy (non-hydrogen) atoms. The molecule has 132 valence electrons. The SMILES string of the molecule is CCOC(=O)C1CCN(C(=O)c2cnn(-c3ccc(Cl)cc3)c2)CC1. The van der Waals surface area contributed by atoms with Crippen molar-refractivity contribution >= 4 is 23.5 Å². The second-order valence-corrected chi connectivity index (χ2v) is 6.40. The van der Waals surface area contributed by atoms with Gasteiger partial charge in [0.15, 0.2) is 0 Å². The Kier molecular flexibility index (Phi) is 5.38. The van der Waals surface area contributed by atoms with E-state index < -0.39 is 0 Å². The lowest BCUT2D eigenvalue weighted by molar-refractivity contribution is -0.149. The van der Waals surface area contributed by atoms with Gasteiger partial charge in [0.2, 0.25) is 0 Å². The second kappa shape index (κ2) is 7.70. The number of ether oxygens (including phenoxy) is 1. The van der Waals surface area contributed by atoms with E-state index in [0.29, 0.717) is 43.1 Å². The van der Waals surface area contributed by atoms with Crippen LogP contribution in [0.3, 0.4) is 0 Å². The molecule has 7 heteroatoms. The topological polar surface area (TPSA) is 64.4 Å². The summed E-state index contributed by atoms with van der Waals surface area (Å²) in [6.45, 7) is 3.29. The van der Waals surface area contributed by atoms with Gasteiger partial charge in [-0.2, -0.15) is 5.10 Å². The molecule has 1 saturated heterocycles. The summed E-state index contributed by atoms with van der Waals surface area (Å²) in [5.41, 5.74) is 1.37. The summed E-state index contributed by atoms with van der Waals surface area (Å²) in [5.74, 6) is -0.339. The third-order valence-electron chi connectivity index (χ3n) is 4.32.